The van der Waals surface area contributed by atoms with Crippen LogP contribution >= 0.6 is 24.0 Å². The molecule has 0 aromatic heterocycles. The Balaban J connectivity index is 0.00000243. The third kappa shape index (κ3) is 4.11. The van der Waals surface area contributed by atoms with E-state index in [2.05, 4.69) is 25.7 Å². The SMILES string of the molecule is CCN1CC(C(C)C)N=C1c1ccccc1C(=O)c1ccc(Cl)cc1.Cl. The molecule has 1 aliphatic rings. The first-order chi connectivity index (χ1) is 12.0. The molecule has 1 heterocycles. The zero-order valence-corrected chi connectivity index (χ0v) is 16.8. The number of halogens is 2. The Hall–Kier alpha value is -1.84. The van der Waals surface area contributed by atoms with E-state index in [9.17, 15) is 4.79 Å². The van der Waals surface area contributed by atoms with Gasteiger partial charge in [-0.1, -0.05) is 49.7 Å². The highest BCUT2D eigenvalue weighted by Crippen LogP contribution is 2.24. The van der Waals surface area contributed by atoms with Crippen molar-refractivity contribution in [3.63, 3.8) is 0 Å². The van der Waals surface area contributed by atoms with Gasteiger partial charge in [0.1, 0.15) is 5.84 Å². The number of hydrogen-bond donors (Lipinski definition) is 0. The average molecular weight is 391 g/mol. The molecule has 3 nitrogen and oxygen atoms in total. The van der Waals surface area contributed by atoms with Gasteiger partial charge >= 0.3 is 0 Å². The Morgan fingerprint density at radius 1 is 1.19 bits per heavy atom. The number of hydrogen-bond acceptors (Lipinski definition) is 3. The minimum Gasteiger partial charge on any atom is -0.355 e. The summed E-state index contributed by atoms with van der Waals surface area (Å²) in [6.07, 6.45) is 0. The second-order valence-electron chi connectivity index (χ2n) is 6.68. The largest absolute Gasteiger partial charge is 0.355 e. The number of benzene rings is 2. The fourth-order valence-corrected chi connectivity index (χ4v) is 3.23. The van der Waals surface area contributed by atoms with Crippen molar-refractivity contribution in [2.45, 2.75) is 26.8 Å². The van der Waals surface area contributed by atoms with Crippen LogP contribution in [0.3, 0.4) is 0 Å². The van der Waals surface area contributed by atoms with Gasteiger partial charge in [0.2, 0.25) is 0 Å². The van der Waals surface area contributed by atoms with E-state index >= 15 is 0 Å². The van der Waals surface area contributed by atoms with E-state index in [-0.39, 0.29) is 24.2 Å². The van der Waals surface area contributed by atoms with Gasteiger partial charge in [-0.25, -0.2) is 0 Å². The molecular weight excluding hydrogens is 367 g/mol. The van der Waals surface area contributed by atoms with Crippen LogP contribution in [0.25, 0.3) is 0 Å². The first kappa shape index (κ1) is 20.5. The number of rotatable bonds is 5. The molecule has 0 fully saturated rings. The second-order valence-corrected chi connectivity index (χ2v) is 7.12. The lowest BCUT2D eigenvalue weighted by Gasteiger charge is -2.21. The monoisotopic (exact) mass is 390 g/mol. The standard InChI is InChI=1S/C21H23ClN2O.ClH/c1-4-24-13-19(14(2)3)23-21(24)18-8-6-5-7-17(18)20(25)15-9-11-16(22)12-10-15;/h5-12,14,19H,4,13H2,1-3H3;1H. The van der Waals surface area contributed by atoms with Gasteiger partial charge in [0.15, 0.2) is 5.78 Å². The molecule has 0 bridgehead atoms. The number of amidine groups is 1. The van der Waals surface area contributed by atoms with E-state index in [1.165, 1.54) is 0 Å². The maximum atomic E-state index is 13.0. The highest BCUT2D eigenvalue weighted by molar-refractivity contribution is 6.30. The number of nitrogens with zero attached hydrogens (tertiary/aromatic N) is 2. The summed E-state index contributed by atoms with van der Waals surface area (Å²) >= 11 is 5.94. The maximum absolute atomic E-state index is 13.0. The van der Waals surface area contributed by atoms with Gasteiger partial charge in [0, 0.05) is 34.8 Å². The smallest absolute Gasteiger partial charge is 0.193 e. The van der Waals surface area contributed by atoms with E-state index < -0.39 is 0 Å². The summed E-state index contributed by atoms with van der Waals surface area (Å²) in [5.74, 6) is 1.41. The molecule has 1 atom stereocenters. The van der Waals surface area contributed by atoms with Crippen molar-refractivity contribution in [2.75, 3.05) is 13.1 Å². The topological polar surface area (TPSA) is 32.7 Å². The molecule has 0 saturated heterocycles. The highest BCUT2D eigenvalue weighted by Gasteiger charge is 2.29. The number of likely N-dealkylation sites (N-methyl/N-ethyl adjacent to an activating group) is 1. The fraction of sp³-hybridized carbons (Fsp3) is 0.333. The summed E-state index contributed by atoms with van der Waals surface area (Å²) in [5.41, 5.74) is 2.23. The van der Waals surface area contributed by atoms with Crippen molar-refractivity contribution >= 4 is 35.6 Å². The Morgan fingerprint density at radius 3 is 2.46 bits per heavy atom. The van der Waals surface area contributed by atoms with Gasteiger partial charge in [0.05, 0.1) is 6.04 Å². The molecule has 0 N–H and O–H groups in total. The van der Waals surface area contributed by atoms with E-state index in [0.717, 1.165) is 24.5 Å². The van der Waals surface area contributed by atoms with E-state index in [0.29, 0.717) is 22.1 Å². The van der Waals surface area contributed by atoms with Crippen LogP contribution in [0, 0.1) is 5.92 Å². The van der Waals surface area contributed by atoms with Crippen molar-refractivity contribution in [3.8, 4) is 0 Å². The summed E-state index contributed by atoms with van der Waals surface area (Å²) in [7, 11) is 0. The summed E-state index contributed by atoms with van der Waals surface area (Å²) in [4.78, 5) is 20.2. The van der Waals surface area contributed by atoms with Crippen LogP contribution in [-0.2, 0) is 0 Å². The quantitative estimate of drug-likeness (QED) is 0.665. The maximum Gasteiger partial charge on any atom is 0.193 e. The van der Waals surface area contributed by atoms with E-state index in [4.69, 9.17) is 16.6 Å². The third-order valence-electron chi connectivity index (χ3n) is 4.67. The summed E-state index contributed by atoms with van der Waals surface area (Å²) in [6, 6.07) is 15.0. The van der Waals surface area contributed by atoms with Gasteiger partial charge in [-0.15, -0.1) is 12.4 Å². The van der Waals surface area contributed by atoms with Crippen LogP contribution in [0.5, 0.6) is 0 Å². The van der Waals surface area contributed by atoms with Crippen molar-refractivity contribution in [1.82, 2.24) is 4.90 Å². The number of ketones is 1. The normalized spacial score (nSPS) is 16.4. The molecule has 2 aromatic rings. The predicted molar refractivity (Wildman–Crippen MR) is 111 cm³/mol. The number of carbonyl (C=O) groups excluding carboxylic acids is 1. The molecule has 138 valence electrons. The lowest BCUT2D eigenvalue weighted by atomic mass is 9.97. The Bertz CT molecular complexity index is 800. The van der Waals surface area contributed by atoms with Crippen LogP contribution in [0.2, 0.25) is 5.02 Å². The number of aliphatic imine (C=N–C) groups is 1. The van der Waals surface area contributed by atoms with Crippen LogP contribution in [0.15, 0.2) is 53.5 Å². The van der Waals surface area contributed by atoms with Gasteiger partial charge < -0.3 is 4.90 Å². The van der Waals surface area contributed by atoms with Gasteiger partial charge in [-0.05, 0) is 37.1 Å². The van der Waals surface area contributed by atoms with Crippen LogP contribution < -0.4 is 0 Å². The molecule has 3 rings (SSSR count). The second kappa shape index (κ2) is 8.70. The van der Waals surface area contributed by atoms with Gasteiger partial charge in [0.25, 0.3) is 0 Å². The fourth-order valence-electron chi connectivity index (χ4n) is 3.10. The highest BCUT2D eigenvalue weighted by atomic mass is 35.5. The van der Waals surface area contributed by atoms with Crippen LogP contribution in [0.4, 0.5) is 0 Å². The molecule has 0 amide bonds. The molecular formula is C21H24Cl2N2O. The molecule has 1 aliphatic heterocycles. The molecule has 5 heteroatoms. The third-order valence-corrected chi connectivity index (χ3v) is 4.92. The van der Waals surface area contributed by atoms with Crippen LogP contribution in [0.1, 0.15) is 42.3 Å². The predicted octanol–water partition coefficient (Wildman–Crippen LogP) is 5.10. The number of carbonyl (C=O) groups is 1. The lowest BCUT2D eigenvalue weighted by molar-refractivity contribution is 0.103. The first-order valence-electron chi connectivity index (χ1n) is 8.73. The molecule has 26 heavy (non-hydrogen) atoms. The Labute approximate surface area is 166 Å². The Kier molecular flexibility index (Phi) is 6.85. The average Bonchev–Trinajstić information content (AvgIpc) is 3.06. The molecule has 0 spiro atoms. The molecule has 0 radical (unpaired) electrons. The minimum atomic E-state index is -0.000910. The van der Waals surface area contributed by atoms with E-state index in [1.807, 2.05) is 24.3 Å². The van der Waals surface area contributed by atoms with Crippen molar-refractivity contribution in [2.24, 2.45) is 10.9 Å². The summed E-state index contributed by atoms with van der Waals surface area (Å²) in [5, 5.41) is 0.627. The zero-order valence-electron chi connectivity index (χ0n) is 15.3. The van der Waals surface area contributed by atoms with Gasteiger partial charge in [-0.3, -0.25) is 9.79 Å². The minimum absolute atomic E-state index is 0. The summed E-state index contributed by atoms with van der Waals surface area (Å²) in [6.45, 7) is 8.30. The zero-order chi connectivity index (χ0) is 18.0. The first-order valence-corrected chi connectivity index (χ1v) is 9.11. The van der Waals surface area contributed by atoms with Crippen molar-refractivity contribution in [3.05, 3.63) is 70.2 Å². The lowest BCUT2D eigenvalue weighted by Crippen LogP contribution is -2.31. The van der Waals surface area contributed by atoms with Crippen LogP contribution in [-0.4, -0.2) is 35.7 Å². The van der Waals surface area contributed by atoms with Gasteiger partial charge in [-0.2, -0.15) is 0 Å². The molecule has 1 unspecified atom stereocenters. The Morgan fingerprint density at radius 2 is 1.85 bits per heavy atom. The molecule has 0 aliphatic carbocycles. The molecule has 2 aromatic carbocycles. The van der Waals surface area contributed by atoms with E-state index in [1.54, 1.807) is 24.3 Å². The van der Waals surface area contributed by atoms with Crippen molar-refractivity contribution in [1.29, 1.82) is 0 Å². The molecule has 0 saturated carbocycles. The summed E-state index contributed by atoms with van der Waals surface area (Å²) < 4.78 is 0. The van der Waals surface area contributed by atoms with Crippen molar-refractivity contribution < 1.29 is 4.79 Å².